The number of carboxylic acid groups (broad SMARTS) is 1. The van der Waals surface area contributed by atoms with Crippen LogP contribution in [0.25, 0.3) is 11.3 Å². The van der Waals surface area contributed by atoms with Crippen molar-refractivity contribution in [1.29, 1.82) is 0 Å². The number of hydrogen-bond acceptors (Lipinski definition) is 6. The fourth-order valence-electron chi connectivity index (χ4n) is 4.53. The summed E-state index contributed by atoms with van der Waals surface area (Å²) in [5, 5.41) is 22.2. The summed E-state index contributed by atoms with van der Waals surface area (Å²) in [5.41, 5.74) is 0.773. The lowest BCUT2D eigenvalue weighted by Gasteiger charge is -2.46. The Hall–Kier alpha value is -3.87. The number of nitrogens with one attached hydrogen (secondary N) is 2. The lowest BCUT2D eigenvalue weighted by atomic mass is 9.98. The minimum atomic E-state index is -2.85. The largest absolute Gasteiger partial charge is 0.465 e. The molecule has 0 unspecified atom stereocenters. The average molecular weight is 486 g/mol. The second kappa shape index (κ2) is 9.41. The van der Waals surface area contributed by atoms with Crippen molar-refractivity contribution in [2.45, 2.75) is 31.4 Å². The normalized spacial score (nSPS) is 17.5. The van der Waals surface area contributed by atoms with Crippen LogP contribution in [0.2, 0.25) is 0 Å². The number of nitrogens with zero attached hydrogens (tertiary/aromatic N) is 6. The van der Waals surface area contributed by atoms with E-state index >= 15 is 0 Å². The summed E-state index contributed by atoms with van der Waals surface area (Å²) >= 11 is 0. The van der Waals surface area contributed by atoms with Gasteiger partial charge < -0.3 is 15.3 Å². The number of carbonyl (C=O) groups is 2. The molecule has 3 aromatic rings. The van der Waals surface area contributed by atoms with E-state index in [-0.39, 0.29) is 23.5 Å². The van der Waals surface area contributed by atoms with Crippen molar-refractivity contribution < 1.29 is 23.5 Å². The number of alkyl halides is 2. The van der Waals surface area contributed by atoms with Crippen LogP contribution >= 0.6 is 0 Å². The Balaban J connectivity index is 1.24. The quantitative estimate of drug-likeness (QED) is 0.488. The molecule has 184 valence electrons. The van der Waals surface area contributed by atoms with Crippen LogP contribution in [0.5, 0.6) is 0 Å². The van der Waals surface area contributed by atoms with Crippen molar-refractivity contribution in [1.82, 2.24) is 34.8 Å². The molecule has 11 nitrogen and oxygen atoms in total. The molecule has 0 atom stereocenters. The van der Waals surface area contributed by atoms with Crippen LogP contribution in [0.1, 0.15) is 41.5 Å². The van der Waals surface area contributed by atoms with E-state index in [4.69, 9.17) is 5.11 Å². The van der Waals surface area contributed by atoms with E-state index in [2.05, 4.69) is 30.5 Å². The van der Waals surface area contributed by atoms with E-state index in [9.17, 15) is 18.4 Å². The molecule has 0 aromatic carbocycles. The van der Waals surface area contributed by atoms with Crippen LogP contribution in [0, 0.1) is 0 Å². The van der Waals surface area contributed by atoms with Gasteiger partial charge in [0.2, 0.25) is 0 Å². The first-order valence-corrected chi connectivity index (χ1v) is 11.3. The highest BCUT2D eigenvalue weighted by Crippen LogP contribution is 2.32. The molecule has 2 fully saturated rings. The summed E-state index contributed by atoms with van der Waals surface area (Å²) in [7, 11) is 0. The number of likely N-dealkylation sites (tertiary alicyclic amines) is 2. The maximum Gasteiger partial charge on any atom is 0.407 e. The van der Waals surface area contributed by atoms with Crippen molar-refractivity contribution in [2.75, 3.05) is 31.5 Å². The van der Waals surface area contributed by atoms with E-state index in [0.29, 0.717) is 37.4 Å². The number of anilines is 1. The summed E-state index contributed by atoms with van der Waals surface area (Å²) in [4.78, 5) is 31.8. The van der Waals surface area contributed by atoms with Gasteiger partial charge in [0.1, 0.15) is 5.69 Å². The maximum absolute atomic E-state index is 13.7. The van der Waals surface area contributed by atoms with Crippen LogP contribution in [-0.2, 0) is 0 Å². The minimum Gasteiger partial charge on any atom is -0.465 e. The Labute approximate surface area is 198 Å². The first-order chi connectivity index (χ1) is 16.9. The van der Waals surface area contributed by atoms with Gasteiger partial charge in [0.15, 0.2) is 5.69 Å². The number of H-pyrrole nitrogens is 1. The number of rotatable bonds is 6. The number of halogens is 2. The molecular formula is C22H24F2N8O3. The number of hydrogen-bond donors (Lipinski definition) is 3. The number of amides is 2. The number of aromatic amines is 1. The highest BCUT2D eigenvalue weighted by molar-refractivity contribution is 6.03. The van der Waals surface area contributed by atoms with Crippen LogP contribution in [-0.4, -0.2) is 84.1 Å². The van der Waals surface area contributed by atoms with Crippen LogP contribution in [0.15, 0.2) is 36.8 Å². The lowest BCUT2D eigenvalue weighted by Crippen LogP contribution is -2.56. The average Bonchev–Trinajstić information content (AvgIpc) is 3.49. The van der Waals surface area contributed by atoms with Gasteiger partial charge in [-0.3, -0.25) is 19.5 Å². The first-order valence-electron chi connectivity index (χ1n) is 11.3. The smallest absolute Gasteiger partial charge is 0.407 e. The third-order valence-electron chi connectivity index (χ3n) is 6.51. The number of aromatic nitrogens is 5. The summed E-state index contributed by atoms with van der Waals surface area (Å²) in [6, 6.07) is 5.05. The molecule has 2 saturated heterocycles. The molecule has 0 radical (unpaired) electrons. The second-order valence-corrected chi connectivity index (χ2v) is 8.67. The van der Waals surface area contributed by atoms with Gasteiger partial charge in [-0.05, 0) is 25.0 Å². The standard InChI is InChI=1S/C22H24F2N8O3/c23-20(24)19-18(28-21(33)17-3-1-2-16(27-17)13-8-25-26-9-13)12-32(29-19)15-10-31(11-15)14-4-6-30(7-5-14)22(34)35/h1-3,8-9,12,14-15,20H,4-7,10-11H2,(H,25,26)(H,28,33)(H,34,35). The fraction of sp³-hybridized carbons (Fsp3) is 0.409. The van der Waals surface area contributed by atoms with Gasteiger partial charge in [-0.2, -0.15) is 10.2 Å². The van der Waals surface area contributed by atoms with Crippen molar-refractivity contribution in [3.63, 3.8) is 0 Å². The van der Waals surface area contributed by atoms with Crippen molar-refractivity contribution in [2.24, 2.45) is 0 Å². The number of piperidine rings is 1. The summed E-state index contributed by atoms with van der Waals surface area (Å²) < 4.78 is 28.8. The monoisotopic (exact) mass is 486 g/mol. The molecular weight excluding hydrogens is 462 g/mol. The number of carbonyl (C=O) groups excluding carboxylic acids is 1. The van der Waals surface area contributed by atoms with Gasteiger partial charge >= 0.3 is 6.09 Å². The van der Waals surface area contributed by atoms with Gasteiger partial charge in [0.25, 0.3) is 12.3 Å². The van der Waals surface area contributed by atoms with E-state index < -0.39 is 24.1 Å². The van der Waals surface area contributed by atoms with Gasteiger partial charge in [0.05, 0.1) is 23.6 Å². The van der Waals surface area contributed by atoms with E-state index in [1.54, 1.807) is 24.5 Å². The van der Waals surface area contributed by atoms with Gasteiger partial charge in [0, 0.05) is 50.2 Å². The Bertz CT molecular complexity index is 1200. The zero-order valence-electron chi connectivity index (χ0n) is 18.6. The molecule has 5 rings (SSSR count). The molecule has 35 heavy (non-hydrogen) atoms. The Kier molecular flexibility index (Phi) is 6.16. The molecule has 3 N–H and O–H groups in total. The molecule has 5 heterocycles. The van der Waals surface area contributed by atoms with Gasteiger partial charge in [-0.15, -0.1) is 0 Å². The Morgan fingerprint density at radius 2 is 1.94 bits per heavy atom. The molecule has 2 aliphatic heterocycles. The first kappa shape index (κ1) is 22.9. The molecule has 0 bridgehead atoms. The van der Waals surface area contributed by atoms with Gasteiger partial charge in [-0.1, -0.05) is 6.07 Å². The fourth-order valence-corrected chi connectivity index (χ4v) is 4.53. The topological polar surface area (TPSA) is 132 Å². The molecule has 0 spiro atoms. The SMILES string of the molecule is O=C(Nc1cn(C2CN(C3CCN(C(=O)O)CC3)C2)nc1C(F)F)c1cccc(-c2cn[nH]c2)n1. The molecule has 0 aliphatic carbocycles. The zero-order valence-corrected chi connectivity index (χ0v) is 18.6. The summed E-state index contributed by atoms with van der Waals surface area (Å²) in [6.07, 6.45) is 2.38. The van der Waals surface area contributed by atoms with Gasteiger partial charge in [-0.25, -0.2) is 18.6 Å². The second-order valence-electron chi connectivity index (χ2n) is 8.67. The van der Waals surface area contributed by atoms with Crippen molar-refractivity contribution >= 4 is 17.7 Å². The highest BCUT2D eigenvalue weighted by Gasteiger charge is 2.37. The minimum absolute atomic E-state index is 0.0475. The predicted molar refractivity (Wildman–Crippen MR) is 120 cm³/mol. The molecule has 2 amide bonds. The van der Waals surface area contributed by atoms with Crippen molar-refractivity contribution in [3.8, 4) is 11.3 Å². The Morgan fingerprint density at radius 3 is 2.60 bits per heavy atom. The Morgan fingerprint density at radius 1 is 1.17 bits per heavy atom. The van der Waals surface area contributed by atoms with Crippen LogP contribution < -0.4 is 5.32 Å². The molecule has 3 aromatic heterocycles. The maximum atomic E-state index is 13.7. The lowest BCUT2D eigenvalue weighted by molar-refractivity contribution is 0.0211. The molecule has 2 aliphatic rings. The molecule has 13 heteroatoms. The number of pyridine rings is 1. The summed E-state index contributed by atoms with van der Waals surface area (Å²) in [5.74, 6) is -0.614. The third kappa shape index (κ3) is 4.71. The van der Waals surface area contributed by atoms with E-state index in [1.807, 2.05) is 0 Å². The van der Waals surface area contributed by atoms with Crippen molar-refractivity contribution in [3.05, 3.63) is 48.2 Å². The molecule has 0 saturated carbocycles. The van der Waals surface area contributed by atoms with Crippen LogP contribution in [0.3, 0.4) is 0 Å². The highest BCUT2D eigenvalue weighted by atomic mass is 19.3. The summed E-state index contributed by atoms with van der Waals surface area (Å²) in [6.45, 7) is 2.24. The van der Waals surface area contributed by atoms with E-state index in [0.717, 1.165) is 12.8 Å². The predicted octanol–water partition coefficient (Wildman–Crippen LogP) is 2.86. The van der Waals surface area contributed by atoms with Crippen LogP contribution in [0.4, 0.5) is 19.3 Å². The zero-order chi connectivity index (χ0) is 24.5. The third-order valence-corrected chi connectivity index (χ3v) is 6.51. The van der Waals surface area contributed by atoms with E-state index in [1.165, 1.54) is 21.8 Å².